The van der Waals surface area contributed by atoms with Crippen LogP contribution in [0.5, 0.6) is 0 Å². The van der Waals surface area contributed by atoms with Gasteiger partial charge >= 0.3 is 0 Å². The Morgan fingerprint density at radius 1 is 1.35 bits per heavy atom. The van der Waals surface area contributed by atoms with Gasteiger partial charge in [-0.2, -0.15) is 8.68 Å². The van der Waals surface area contributed by atoms with Crippen LogP contribution in [0, 0.1) is 13.8 Å². The molecule has 0 aromatic carbocycles. The second-order valence-corrected chi connectivity index (χ2v) is 7.90. The monoisotopic (exact) mass is 356 g/mol. The molecule has 1 amide bonds. The maximum atomic E-state index is 12.6. The molecule has 0 aliphatic carbocycles. The number of anilines is 1. The number of aromatic nitrogens is 2. The molecule has 0 spiro atoms. The van der Waals surface area contributed by atoms with Crippen molar-refractivity contribution in [2.24, 2.45) is 0 Å². The van der Waals surface area contributed by atoms with Crippen LogP contribution in [-0.2, 0) is 10.0 Å². The van der Waals surface area contributed by atoms with Crippen LogP contribution in [0.3, 0.4) is 0 Å². The van der Waals surface area contributed by atoms with Crippen molar-refractivity contribution >= 4 is 32.6 Å². The van der Waals surface area contributed by atoms with Crippen molar-refractivity contribution in [1.82, 2.24) is 13.7 Å². The van der Waals surface area contributed by atoms with Gasteiger partial charge in [-0.15, -0.1) is 0 Å². The van der Waals surface area contributed by atoms with E-state index in [1.54, 1.807) is 6.92 Å². The summed E-state index contributed by atoms with van der Waals surface area (Å²) in [5.74, 6) is 0.147. The number of hydrogen-bond acceptors (Lipinski definition) is 7. The minimum Gasteiger partial charge on any atom is -0.455 e. The van der Waals surface area contributed by atoms with Crippen molar-refractivity contribution in [3.63, 3.8) is 0 Å². The van der Waals surface area contributed by atoms with Crippen LogP contribution in [0.1, 0.15) is 35.0 Å². The van der Waals surface area contributed by atoms with Gasteiger partial charge in [0.15, 0.2) is 5.76 Å². The number of carbonyl (C=O) groups excluding carboxylic acids is 1. The number of carbonyl (C=O) groups is 1. The molecule has 0 bridgehead atoms. The number of sulfonamides is 1. The number of amides is 1. The Bertz CT molecular complexity index is 834. The molecule has 124 valence electrons. The van der Waals surface area contributed by atoms with E-state index < -0.39 is 15.9 Å². The zero-order chi connectivity index (χ0) is 16.6. The zero-order valence-corrected chi connectivity index (χ0v) is 14.3. The SMILES string of the molecule is Cc1nsc(NC(=O)c2cc(S(=O)(=O)N3CCCC3)c(C)o2)n1. The Labute approximate surface area is 137 Å². The van der Waals surface area contributed by atoms with Crippen molar-refractivity contribution in [3.05, 3.63) is 23.4 Å². The molecule has 3 heterocycles. The van der Waals surface area contributed by atoms with E-state index in [0.717, 1.165) is 24.4 Å². The fraction of sp³-hybridized carbons (Fsp3) is 0.462. The lowest BCUT2D eigenvalue weighted by molar-refractivity contribution is 0.0995. The Balaban J connectivity index is 1.84. The van der Waals surface area contributed by atoms with E-state index in [1.807, 2.05) is 0 Å². The average Bonchev–Trinajstić information content (AvgIpc) is 3.19. The first-order valence-electron chi connectivity index (χ1n) is 7.10. The third-order valence-corrected chi connectivity index (χ3v) is 6.25. The molecule has 0 saturated carbocycles. The maximum Gasteiger partial charge on any atom is 0.293 e. The van der Waals surface area contributed by atoms with Gasteiger partial charge < -0.3 is 4.42 Å². The summed E-state index contributed by atoms with van der Waals surface area (Å²) in [5.41, 5.74) is 0. The second kappa shape index (κ2) is 6.02. The largest absolute Gasteiger partial charge is 0.455 e. The molecule has 3 rings (SSSR count). The van der Waals surface area contributed by atoms with Gasteiger partial charge in [-0.05, 0) is 26.7 Å². The summed E-state index contributed by atoms with van der Waals surface area (Å²) >= 11 is 1.05. The molecule has 2 aromatic rings. The Morgan fingerprint density at radius 2 is 2.04 bits per heavy atom. The lowest BCUT2D eigenvalue weighted by Gasteiger charge is -2.14. The fourth-order valence-corrected chi connectivity index (χ4v) is 4.66. The highest BCUT2D eigenvalue weighted by molar-refractivity contribution is 7.89. The summed E-state index contributed by atoms with van der Waals surface area (Å²) in [7, 11) is -3.62. The molecule has 0 unspecified atom stereocenters. The summed E-state index contributed by atoms with van der Waals surface area (Å²) in [6, 6.07) is 1.27. The number of furan rings is 1. The topological polar surface area (TPSA) is 105 Å². The van der Waals surface area contributed by atoms with Crippen LogP contribution < -0.4 is 5.32 Å². The van der Waals surface area contributed by atoms with Crippen molar-refractivity contribution < 1.29 is 17.6 Å². The van der Waals surface area contributed by atoms with E-state index in [9.17, 15) is 13.2 Å². The molecule has 1 saturated heterocycles. The van der Waals surface area contributed by atoms with Crippen LogP contribution in [0.15, 0.2) is 15.4 Å². The van der Waals surface area contributed by atoms with E-state index in [-0.39, 0.29) is 16.4 Å². The van der Waals surface area contributed by atoms with Crippen LogP contribution in [0.2, 0.25) is 0 Å². The highest BCUT2D eigenvalue weighted by Gasteiger charge is 2.31. The molecule has 2 aromatic heterocycles. The van der Waals surface area contributed by atoms with Crippen LogP contribution >= 0.6 is 11.5 Å². The number of hydrogen-bond donors (Lipinski definition) is 1. The quantitative estimate of drug-likeness (QED) is 0.895. The van der Waals surface area contributed by atoms with Gasteiger partial charge in [-0.25, -0.2) is 13.4 Å². The first kappa shape index (κ1) is 16.1. The molecule has 1 aliphatic rings. The minimum atomic E-state index is -3.62. The summed E-state index contributed by atoms with van der Waals surface area (Å²) < 4.78 is 35.9. The molecule has 8 nitrogen and oxygen atoms in total. The fourth-order valence-electron chi connectivity index (χ4n) is 2.41. The minimum absolute atomic E-state index is 0.0398. The standard InChI is InChI=1S/C13H16N4O4S2/c1-8-11(23(19,20)17-5-3-4-6-17)7-10(21-8)12(18)15-13-14-9(2)16-22-13/h7H,3-6H2,1-2H3,(H,14,15,16,18). The molecule has 0 atom stereocenters. The molecule has 1 fully saturated rings. The average molecular weight is 356 g/mol. The Hall–Kier alpha value is -1.78. The van der Waals surface area contributed by atoms with Crippen molar-refractivity contribution in [1.29, 1.82) is 0 Å². The Morgan fingerprint density at radius 3 is 2.65 bits per heavy atom. The summed E-state index contributed by atoms with van der Waals surface area (Å²) in [6.45, 7) is 4.25. The van der Waals surface area contributed by atoms with Gasteiger partial charge in [0.2, 0.25) is 15.2 Å². The molecule has 10 heteroatoms. The van der Waals surface area contributed by atoms with E-state index in [0.29, 0.717) is 24.0 Å². The predicted molar refractivity (Wildman–Crippen MR) is 84.0 cm³/mol. The molecule has 1 N–H and O–H groups in total. The number of nitrogens with zero attached hydrogens (tertiary/aromatic N) is 3. The normalized spacial score (nSPS) is 15.9. The number of nitrogens with one attached hydrogen (secondary N) is 1. The lowest BCUT2D eigenvalue weighted by atomic mass is 10.4. The van der Waals surface area contributed by atoms with Gasteiger partial charge in [0, 0.05) is 30.7 Å². The smallest absolute Gasteiger partial charge is 0.293 e. The second-order valence-electron chi connectivity index (χ2n) is 5.24. The zero-order valence-electron chi connectivity index (χ0n) is 12.7. The van der Waals surface area contributed by atoms with Crippen LogP contribution in [0.25, 0.3) is 0 Å². The third kappa shape index (κ3) is 3.14. The first-order valence-corrected chi connectivity index (χ1v) is 9.31. The number of rotatable bonds is 4. The summed E-state index contributed by atoms with van der Waals surface area (Å²) in [5, 5.41) is 2.88. The number of aryl methyl sites for hydroxylation is 2. The van der Waals surface area contributed by atoms with E-state index in [2.05, 4.69) is 14.7 Å². The van der Waals surface area contributed by atoms with Crippen molar-refractivity contribution in [2.75, 3.05) is 18.4 Å². The molecule has 1 aliphatic heterocycles. The first-order chi connectivity index (χ1) is 10.9. The van der Waals surface area contributed by atoms with Gasteiger partial charge in [-0.1, -0.05) is 0 Å². The molecule has 23 heavy (non-hydrogen) atoms. The summed E-state index contributed by atoms with van der Waals surface area (Å²) in [4.78, 5) is 16.2. The third-order valence-electron chi connectivity index (χ3n) is 3.53. The van der Waals surface area contributed by atoms with Gasteiger partial charge in [0.25, 0.3) is 5.91 Å². The van der Waals surface area contributed by atoms with Crippen LogP contribution in [-0.4, -0.2) is 41.1 Å². The van der Waals surface area contributed by atoms with Crippen LogP contribution in [0.4, 0.5) is 5.13 Å². The highest BCUT2D eigenvalue weighted by atomic mass is 32.2. The van der Waals surface area contributed by atoms with E-state index in [4.69, 9.17) is 4.42 Å². The lowest BCUT2D eigenvalue weighted by Crippen LogP contribution is -2.28. The van der Waals surface area contributed by atoms with Crippen molar-refractivity contribution in [3.8, 4) is 0 Å². The van der Waals surface area contributed by atoms with Crippen molar-refractivity contribution in [2.45, 2.75) is 31.6 Å². The predicted octanol–water partition coefficient (Wildman–Crippen LogP) is 1.78. The van der Waals surface area contributed by atoms with Gasteiger partial charge in [0.1, 0.15) is 16.5 Å². The highest BCUT2D eigenvalue weighted by Crippen LogP contribution is 2.26. The van der Waals surface area contributed by atoms with E-state index in [1.165, 1.54) is 17.3 Å². The molecular formula is C13H16N4O4S2. The Kier molecular flexibility index (Phi) is 4.21. The summed E-state index contributed by atoms with van der Waals surface area (Å²) in [6.07, 6.45) is 1.69. The van der Waals surface area contributed by atoms with Gasteiger partial charge in [0.05, 0.1) is 0 Å². The van der Waals surface area contributed by atoms with E-state index >= 15 is 0 Å². The molecular weight excluding hydrogens is 340 g/mol. The maximum absolute atomic E-state index is 12.6. The van der Waals surface area contributed by atoms with Gasteiger partial charge in [-0.3, -0.25) is 10.1 Å². The molecule has 0 radical (unpaired) electrons.